The number of anilines is 1. The third kappa shape index (κ3) is 4.73. The molecule has 0 radical (unpaired) electrons. The molecular formula is C25H34F3N5O3. The van der Waals surface area contributed by atoms with E-state index >= 15 is 0 Å². The van der Waals surface area contributed by atoms with Crippen molar-refractivity contribution >= 4 is 17.8 Å². The molecule has 1 unspecified atom stereocenters. The Morgan fingerprint density at radius 2 is 1.72 bits per heavy atom. The van der Waals surface area contributed by atoms with Gasteiger partial charge in [-0.25, -0.2) is 9.78 Å². The number of amides is 3. The van der Waals surface area contributed by atoms with Gasteiger partial charge in [0.1, 0.15) is 5.82 Å². The Bertz CT molecular complexity index is 976. The topological polar surface area (TPSA) is 80.2 Å². The SMILES string of the molecule is O=C(N1CCN(c2ncccc2C(F)(F)F)CC1)N1CCCC2(CCN([C@H]3CC[C@H](O)CC3)C2=O)C1. The molecule has 36 heavy (non-hydrogen) atoms. The van der Waals surface area contributed by atoms with Crippen LogP contribution >= 0.6 is 0 Å². The van der Waals surface area contributed by atoms with E-state index in [0.29, 0.717) is 32.7 Å². The van der Waals surface area contributed by atoms with Crippen LogP contribution in [-0.2, 0) is 11.0 Å². The summed E-state index contributed by atoms with van der Waals surface area (Å²) >= 11 is 0. The summed E-state index contributed by atoms with van der Waals surface area (Å²) in [4.78, 5) is 37.9. The number of likely N-dealkylation sites (tertiary alicyclic amines) is 2. The van der Waals surface area contributed by atoms with E-state index in [2.05, 4.69) is 4.98 Å². The molecule has 0 aromatic carbocycles. The lowest BCUT2D eigenvalue weighted by molar-refractivity contribution is -0.141. The Morgan fingerprint density at radius 3 is 2.42 bits per heavy atom. The van der Waals surface area contributed by atoms with E-state index in [1.165, 1.54) is 12.3 Å². The second-order valence-electron chi connectivity index (χ2n) is 10.6. The van der Waals surface area contributed by atoms with E-state index < -0.39 is 17.2 Å². The van der Waals surface area contributed by atoms with Gasteiger partial charge in [0.05, 0.1) is 17.1 Å². The first-order valence-electron chi connectivity index (χ1n) is 13.0. The van der Waals surface area contributed by atoms with E-state index in [0.717, 1.165) is 51.0 Å². The molecule has 1 atom stereocenters. The average molecular weight is 510 g/mol. The van der Waals surface area contributed by atoms with E-state index in [9.17, 15) is 27.9 Å². The molecule has 198 valence electrons. The first-order valence-corrected chi connectivity index (χ1v) is 13.0. The highest BCUT2D eigenvalue weighted by Crippen LogP contribution is 2.43. The van der Waals surface area contributed by atoms with Gasteiger partial charge in [0.15, 0.2) is 0 Å². The van der Waals surface area contributed by atoms with Crippen molar-refractivity contribution < 1.29 is 27.9 Å². The summed E-state index contributed by atoms with van der Waals surface area (Å²) in [6.45, 7) is 2.83. The highest BCUT2D eigenvalue weighted by molar-refractivity contribution is 5.86. The van der Waals surface area contributed by atoms with Crippen molar-refractivity contribution in [3.63, 3.8) is 0 Å². The van der Waals surface area contributed by atoms with Crippen LogP contribution in [0.5, 0.6) is 0 Å². The molecule has 4 heterocycles. The second-order valence-corrected chi connectivity index (χ2v) is 10.6. The van der Waals surface area contributed by atoms with E-state index in [4.69, 9.17) is 0 Å². The molecular weight excluding hydrogens is 475 g/mol. The molecule has 3 saturated heterocycles. The van der Waals surface area contributed by atoms with Gasteiger partial charge in [0.25, 0.3) is 0 Å². The molecule has 4 aliphatic rings. The van der Waals surface area contributed by atoms with Crippen LogP contribution < -0.4 is 4.90 Å². The van der Waals surface area contributed by atoms with Crippen molar-refractivity contribution in [1.29, 1.82) is 0 Å². The highest BCUT2D eigenvalue weighted by atomic mass is 19.4. The molecule has 1 saturated carbocycles. The zero-order valence-electron chi connectivity index (χ0n) is 20.4. The summed E-state index contributed by atoms with van der Waals surface area (Å²) in [6.07, 6.45) is 1.96. The van der Waals surface area contributed by atoms with Crippen molar-refractivity contribution in [3.8, 4) is 0 Å². The minimum Gasteiger partial charge on any atom is -0.393 e. The van der Waals surface area contributed by atoms with Crippen LogP contribution in [-0.4, -0.2) is 94.7 Å². The third-order valence-electron chi connectivity index (χ3n) is 8.44. The zero-order chi connectivity index (χ0) is 25.5. The number of alkyl halides is 3. The molecule has 1 aliphatic carbocycles. The molecule has 3 aliphatic heterocycles. The summed E-state index contributed by atoms with van der Waals surface area (Å²) in [7, 11) is 0. The number of aliphatic hydroxyl groups excluding tert-OH is 1. The van der Waals surface area contributed by atoms with Gasteiger partial charge in [-0.1, -0.05) is 0 Å². The fourth-order valence-electron chi connectivity index (χ4n) is 6.42. The predicted molar refractivity (Wildman–Crippen MR) is 126 cm³/mol. The number of pyridine rings is 1. The fourth-order valence-corrected chi connectivity index (χ4v) is 6.42. The number of hydrogen-bond acceptors (Lipinski definition) is 5. The number of aliphatic hydroxyl groups is 1. The van der Waals surface area contributed by atoms with Gasteiger partial charge in [0, 0.05) is 58.1 Å². The molecule has 11 heteroatoms. The molecule has 1 spiro atoms. The van der Waals surface area contributed by atoms with Gasteiger partial charge < -0.3 is 24.7 Å². The molecule has 0 bridgehead atoms. The first-order chi connectivity index (χ1) is 17.2. The summed E-state index contributed by atoms with van der Waals surface area (Å²) in [6, 6.07) is 2.34. The van der Waals surface area contributed by atoms with Crippen molar-refractivity contribution in [2.24, 2.45) is 5.41 Å². The molecule has 1 aromatic rings. The number of aromatic nitrogens is 1. The van der Waals surface area contributed by atoms with Gasteiger partial charge >= 0.3 is 12.2 Å². The van der Waals surface area contributed by atoms with Crippen LogP contribution in [0.1, 0.15) is 50.5 Å². The van der Waals surface area contributed by atoms with Crippen LogP contribution in [0.3, 0.4) is 0 Å². The summed E-state index contributed by atoms with van der Waals surface area (Å²) < 4.78 is 40.2. The van der Waals surface area contributed by atoms with E-state index in [1.807, 2.05) is 4.90 Å². The largest absolute Gasteiger partial charge is 0.419 e. The maximum atomic E-state index is 13.5. The van der Waals surface area contributed by atoms with Gasteiger partial charge in [-0.15, -0.1) is 0 Å². The third-order valence-corrected chi connectivity index (χ3v) is 8.44. The molecule has 4 fully saturated rings. The number of halogens is 3. The number of carbonyl (C=O) groups excluding carboxylic acids is 2. The van der Waals surface area contributed by atoms with Crippen LogP contribution in [0, 0.1) is 5.41 Å². The molecule has 1 aromatic heterocycles. The number of piperidine rings is 1. The highest BCUT2D eigenvalue weighted by Gasteiger charge is 2.51. The van der Waals surface area contributed by atoms with Crippen molar-refractivity contribution in [2.45, 2.75) is 63.3 Å². The molecule has 8 nitrogen and oxygen atoms in total. The summed E-state index contributed by atoms with van der Waals surface area (Å²) in [5.74, 6) is 0.0435. The summed E-state index contributed by atoms with van der Waals surface area (Å²) in [5.41, 5.74) is -1.30. The number of piperazine rings is 1. The molecule has 1 N–H and O–H groups in total. The minimum absolute atomic E-state index is 0.0964. The van der Waals surface area contributed by atoms with E-state index in [-0.39, 0.29) is 43.0 Å². The first kappa shape index (κ1) is 25.1. The van der Waals surface area contributed by atoms with E-state index in [1.54, 1.807) is 14.7 Å². The standard InChI is InChI=1S/C25H34F3N5O3/c26-25(27,28)20-3-1-10-29-21(20)30-13-15-31(16-14-30)23(36)32-11-2-8-24(17-32)9-12-33(22(24)35)18-4-6-19(34)7-5-18/h1,3,10,18-19,34H,2,4-9,11-17H2/t18-,19-,24?. The predicted octanol–water partition coefficient (Wildman–Crippen LogP) is 2.96. The van der Waals surface area contributed by atoms with Gasteiger partial charge in [-0.05, 0) is 57.1 Å². The summed E-state index contributed by atoms with van der Waals surface area (Å²) in [5, 5.41) is 9.82. The maximum absolute atomic E-state index is 13.5. The number of nitrogens with zero attached hydrogens (tertiary/aromatic N) is 5. The molecule has 3 amide bonds. The Hall–Kier alpha value is -2.56. The Morgan fingerprint density at radius 1 is 1.00 bits per heavy atom. The van der Waals surface area contributed by atoms with Crippen LogP contribution in [0.25, 0.3) is 0 Å². The second kappa shape index (κ2) is 9.72. The minimum atomic E-state index is -4.49. The Kier molecular flexibility index (Phi) is 6.78. The Balaban J connectivity index is 1.20. The van der Waals surface area contributed by atoms with Gasteiger partial charge in [-0.3, -0.25) is 4.79 Å². The number of urea groups is 1. The van der Waals surface area contributed by atoms with Crippen LogP contribution in [0.4, 0.5) is 23.8 Å². The van der Waals surface area contributed by atoms with Gasteiger partial charge in [-0.2, -0.15) is 13.2 Å². The van der Waals surface area contributed by atoms with Crippen molar-refractivity contribution in [3.05, 3.63) is 23.9 Å². The lowest BCUT2D eigenvalue weighted by Gasteiger charge is -2.43. The monoisotopic (exact) mass is 509 g/mol. The molecule has 5 rings (SSSR count). The number of carbonyl (C=O) groups is 2. The quantitative estimate of drug-likeness (QED) is 0.663. The average Bonchev–Trinajstić information content (AvgIpc) is 3.18. The van der Waals surface area contributed by atoms with Crippen LogP contribution in [0.2, 0.25) is 0 Å². The lowest BCUT2D eigenvalue weighted by atomic mass is 9.78. The van der Waals surface area contributed by atoms with Crippen LogP contribution in [0.15, 0.2) is 18.3 Å². The number of hydrogen-bond donors (Lipinski definition) is 1. The van der Waals surface area contributed by atoms with Gasteiger partial charge in [0.2, 0.25) is 5.91 Å². The van der Waals surface area contributed by atoms with Crippen molar-refractivity contribution in [1.82, 2.24) is 19.7 Å². The Labute approximate surface area is 209 Å². The zero-order valence-corrected chi connectivity index (χ0v) is 20.4. The lowest BCUT2D eigenvalue weighted by Crippen LogP contribution is -2.57. The fraction of sp³-hybridized carbons (Fsp3) is 0.720. The number of rotatable bonds is 2. The smallest absolute Gasteiger partial charge is 0.393 e. The van der Waals surface area contributed by atoms with Crippen molar-refractivity contribution in [2.75, 3.05) is 50.7 Å². The maximum Gasteiger partial charge on any atom is 0.419 e. The normalized spacial score (nSPS) is 29.8.